The van der Waals surface area contributed by atoms with Crippen molar-refractivity contribution in [3.8, 4) is 0 Å². The molecule has 0 aromatic heterocycles. The van der Waals surface area contributed by atoms with Crippen LogP contribution < -0.4 is 16.0 Å². The number of hydrogen-bond acceptors (Lipinski definition) is 12. The van der Waals surface area contributed by atoms with Crippen molar-refractivity contribution in [1.82, 2.24) is 20.9 Å². The molecule has 13 nitrogen and oxygen atoms in total. The first-order valence-electron chi connectivity index (χ1n) is 17.8. The van der Waals surface area contributed by atoms with Crippen molar-refractivity contribution < 1.29 is 43.2 Å². The van der Waals surface area contributed by atoms with Gasteiger partial charge in [0.15, 0.2) is 17.7 Å². The number of fused-ring (bicyclic) bond motifs is 1. The predicted octanol–water partition coefficient (Wildman–Crippen LogP) is 2.37. The van der Waals surface area contributed by atoms with Crippen molar-refractivity contribution in [3.63, 3.8) is 0 Å². The molecule has 3 heterocycles. The molecule has 0 bridgehead atoms. The summed E-state index contributed by atoms with van der Waals surface area (Å²) >= 11 is 0. The molecule has 12 atom stereocenters. The van der Waals surface area contributed by atoms with Crippen LogP contribution in [0.25, 0.3) is 0 Å². The number of hydrogen-bond donors (Lipinski definition) is 4. The second-order valence-corrected chi connectivity index (χ2v) is 15.9. The summed E-state index contributed by atoms with van der Waals surface area (Å²) in [5, 5.41) is 21.6. The molecule has 0 spiro atoms. The molecule has 3 aliphatic heterocycles. The van der Waals surface area contributed by atoms with E-state index in [9.17, 15) is 19.5 Å². The number of carbonyl (C=O) groups excluding carboxylic acids is 3. The van der Waals surface area contributed by atoms with Crippen LogP contribution >= 0.6 is 0 Å². The average Bonchev–Trinajstić information content (AvgIpc) is 3.81. The van der Waals surface area contributed by atoms with Crippen LogP contribution in [0.4, 0.5) is 4.79 Å². The number of alkyl carbamates (subject to hydrolysis) is 1. The van der Waals surface area contributed by atoms with E-state index in [1.807, 2.05) is 39.8 Å². The molecule has 4 fully saturated rings. The largest absolute Gasteiger partial charge is 0.457 e. The van der Waals surface area contributed by atoms with E-state index in [1.165, 1.54) is 0 Å². The van der Waals surface area contributed by atoms with E-state index in [1.54, 1.807) is 34.8 Å². The third-order valence-corrected chi connectivity index (χ3v) is 11.2. The van der Waals surface area contributed by atoms with Gasteiger partial charge in [-0.3, -0.25) is 9.59 Å². The summed E-state index contributed by atoms with van der Waals surface area (Å²) in [4.78, 5) is 43.0. The van der Waals surface area contributed by atoms with E-state index >= 15 is 0 Å². The Bertz CT molecular complexity index is 1150. The summed E-state index contributed by atoms with van der Waals surface area (Å²) in [7, 11) is 5.45. The number of aliphatic hydroxyl groups excluding tert-OH is 1. The van der Waals surface area contributed by atoms with Crippen LogP contribution in [0.1, 0.15) is 87.5 Å². The molecule has 1 saturated carbocycles. The lowest BCUT2D eigenvalue weighted by Gasteiger charge is -2.47. The van der Waals surface area contributed by atoms with Crippen LogP contribution in [0.2, 0.25) is 0 Å². The lowest BCUT2D eigenvalue weighted by atomic mass is 9.74. The summed E-state index contributed by atoms with van der Waals surface area (Å²) in [6.07, 6.45) is -0.773. The van der Waals surface area contributed by atoms with Crippen molar-refractivity contribution in [2.45, 2.75) is 154 Å². The fourth-order valence-corrected chi connectivity index (χ4v) is 7.92. The first kappa shape index (κ1) is 38.9. The van der Waals surface area contributed by atoms with Gasteiger partial charge in [0, 0.05) is 37.7 Å². The number of amides is 1. The molecule has 4 rings (SSSR count). The lowest BCUT2D eigenvalue weighted by Crippen LogP contribution is -2.60. The molecular formula is C35H62N4O9. The topological polar surface area (TPSA) is 157 Å². The Morgan fingerprint density at radius 2 is 1.75 bits per heavy atom. The second kappa shape index (κ2) is 15.2. The summed E-state index contributed by atoms with van der Waals surface area (Å²) in [6.45, 7) is 15.6. The van der Waals surface area contributed by atoms with E-state index < -0.39 is 71.0 Å². The summed E-state index contributed by atoms with van der Waals surface area (Å²) in [5.74, 6) is -1.96. The Labute approximate surface area is 286 Å². The number of esters is 1. The third-order valence-electron chi connectivity index (χ3n) is 11.2. The summed E-state index contributed by atoms with van der Waals surface area (Å²) in [5.41, 5.74) is -3.78. The first-order chi connectivity index (χ1) is 22.4. The number of rotatable bonds is 8. The zero-order valence-electron chi connectivity index (χ0n) is 31.0. The Morgan fingerprint density at radius 3 is 2.33 bits per heavy atom. The molecule has 3 saturated heterocycles. The van der Waals surface area contributed by atoms with E-state index in [0.29, 0.717) is 38.4 Å². The van der Waals surface area contributed by atoms with Crippen molar-refractivity contribution in [2.24, 2.45) is 17.3 Å². The van der Waals surface area contributed by atoms with Crippen molar-refractivity contribution in [2.75, 3.05) is 34.3 Å². The van der Waals surface area contributed by atoms with E-state index in [0.717, 1.165) is 12.8 Å². The van der Waals surface area contributed by atoms with Gasteiger partial charge in [-0.15, -0.1) is 0 Å². The maximum atomic E-state index is 14.5. The third kappa shape index (κ3) is 8.19. The van der Waals surface area contributed by atoms with Gasteiger partial charge in [-0.05, 0) is 93.3 Å². The zero-order chi connectivity index (χ0) is 35.8. The van der Waals surface area contributed by atoms with E-state index in [4.69, 9.17) is 23.7 Å². The molecule has 0 aromatic carbocycles. The Kier molecular flexibility index (Phi) is 12.3. The van der Waals surface area contributed by atoms with Gasteiger partial charge in [0.2, 0.25) is 0 Å². The van der Waals surface area contributed by atoms with Gasteiger partial charge in [0.05, 0.1) is 23.9 Å². The van der Waals surface area contributed by atoms with Crippen LogP contribution in [0, 0.1) is 17.3 Å². The number of methoxy groups -OCH3 is 1. The van der Waals surface area contributed by atoms with Crippen LogP contribution in [0.5, 0.6) is 0 Å². The van der Waals surface area contributed by atoms with E-state index in [2.05, 4.69) is 22.9 Å². The average molecular weight is 683 g/mol. The molecule has 276 valence electrons. The summed E-state index contributed by atoms with van der Waals surface area (Å²) < 4.78 is 31.3. The van der Waals surface area contributed by atoms with E-state index in [-0.39, 0.29) is 24.1 Å². The monoisotopic (exact) mass is 682 g/mol. The molecule has 1 aliphatic carbocycles. The molecule has 0 aromatic rings. The van der Waals surface area contributed by atoms with Gasteiger partial charge in [-0.1, -0.05) is 20.8 Å². The highest BCUT2D eigenvalue weighted by Gasteiger charge is 2.57. The van der Waals surface area contributed by atoms with Crippen LogP contribution in [-0.4, -0.2) is 128 Å². The van der Waals surface area contributed by atoms with Crippen molar-refractivity contribution >= 4 is 17.8 Å². The molecule has 13 heteroatoms. The maximum Gasteiger partial charge on any atom is 0.408 e. The van der Waals surface area contributed by atoms with Crippen molar-refractivity contribution in [3.05, 3.63) is 0 Å². The predicted molar refractivity (Wildman–Crippen MR) is 179 cm³/mol. The van der Waals surface area contributed by atoms with Gasteiger partial charge in [-0.25, -0.2) is 4.79 Å². The number of likely N-dealkylation sites (N-methyl/N-ethyl adjacent to an activating group) is 1. The molecule has 0 radical (unpaired) electrons. The molecule has 48 heavy (non-hydrogen) atoms. The van der Waals surface area contributed by atoms with Crippen LogP contribution in [0.15, 0.2) is 0 Å². The lowest BCUT2D eigenvalue weighted by molar-refractivity contribution is -0.297. The van der Waals surface area contributed by atoms with Crippen molar-refractivity contribution in [1.29, 1.82) is 0 Å². The Morgan fingerprint density at radius 1 is 1.08 bits per heavy atom. The quantitative estimate of drug-likeness (QED) is 0.219. The van der Waals surface area contributed by atoms with Crippen LogP contribution in [-0.2, 0) is 33.3 Å². The molecule has 1 amide bonds. The second-order valence-electron chi connectivity index (χ2n) is 15.9. The van der Waals surface area contributed by atoms with Gasteiger partial charge in [-0.2, -0.15) is 0 Å². The number of ether oxygens (including phenoxy) is 5. The number of ketones is 1. The molecular weight excluding hydrogens is 620 g/mol. The number of aliphatic hydroxyl groups is 1. The maximum absolute atomic E-state index is 14.5. The minimum Gasteiger partial charge on any atom is -0.457 e. The highest BCUT2D eigenvalue weighted by atomic mass is 16.7. The fourth-order valence-electron chi connectivity index (χ4n) is 7.92. The molecule has 4 aliphatic rings. The molecule has 0 unspecified atom stereocenters. The molecule has 4 N–H and O–H groups in total. The Hall–Kier alpha value is -1.87. The highest BCUT2D eigenvalue weighted by molar-refractivity contribution is 6.04. The minimum atomic E-state index is -1.59. The fraction of sp³-hybridized carbons (Fsp3) is 0.914. The van der Waals surface area contributed by atoms with Crippen LogP contribution in [0.3, 0.4) is 0 Å². The standard InChI is InChI=1S/C35H62N4O9/c1-12-25-35(8)27(38-32(43)48-35)21(4)36-17-19(2)16-34(7,44-11)29(20(3)28(41)33(5,6)31(42)46-25)47-30-26(40)24(39(9)10)15-23(45-30)18-37-22-13-14-22/h19-27,29-30,36-37,40H,12-18H2,1-11H3,(H,38,43)/t19-,20+,21-,23+,24+,25-,26-,27-,29-,30+,34-,35-/m1/s1. The highest BCUT2D eigenvalue weighted by Crippen LogP contribution is 2.39. The number of cyclic esters (lactones) is 1. The number of carbonyl (C=O) groups is 3. The number of nitrogens with zero attached hydrogens (tertiary/aromatic N) is 1. The van der Waals surface area contributed by atoms with Gasteiger partial charge >= 0.3 is 12.1 Å². The minimum absolute atomic E-state index is 0.0234. The number of nitrogens with one attached hydrogen (secondary N) is 3. The smallest absolute Gasteiger partial charge is 0.408 e. The zero-order valence-corrected chi connectivity index (χ0v) is 31.0. The summed E-state index contributed by atoms with van der Waals surface area (Å²) in [6, 6.07) is -0.485. The van der Waals surface area contributed by atoms with Gasteiger partial charge in [0.25, 0.3) is 0 Å². The normalized spacial score (nSPS) is 43.1. The van der Waals surface area contributed by atoms with Gasteiger partial charge in [0.1, 0.15) is 17.6 Å². The first-order valence-corrected chi connectivity index (χ1v) is 17.8. The van der Waals surface area contributed by atoms with Gasteiger partial charge < -0.3 is 49.6 Å². The number of Topliss-reactive ketones (excluding diaryl/α,β-unsaturated/α-hetero) is 1. The Balaban J connectivity index is 1.70. The SMILES string of the molecule is CC[C@H]1OC(=O)C(C)(C)C(=O)[C@H](C)[C@@H](O[C@@H]2O[C@H](CNC3CC3)C[C@H](N(C)C)[C@H]2O)[C@](C)(OC)C[C@@H](C)CN[C@H](C)[C@H]2NC(=O)O[C@@]21C.